The van der Waals surface area contributed by atoms with Crippen LogP contribution in [0.1, 0.15) is 30.9 Å². The van der Waals surface area contributed by atoms with Crippen LogP contribution in [0.2, 0.25) is 0 Å². The van der Waals surface area contributed by atoms with E-state index in [1.165, 1.54) is 0 Å². The Morgan fingerprint density at radius 3 is 1.95 bits per heavy atom. The third-order valence-electron chi connectivity index (χ3n) is 4.09. The number of ether oxygens (including phenoxy) is 3. The molecule has 0 aliphatic heterocycles. The molecule has 6 heteroatoms. The highest BCUT2D eigenvalue weighted by molar-refractivity contribution is 5.85. The first-order valence-corrected chi connectivity index (χ1v) is 6.86. The zero-order chi connectivity index (χ0) is 14.7. The van der Waals surface area contributed by atoms with Crippen LogP contribution in [-0.2, 0) is 0 Å². The Labute approximate surface area is 131 Å². The largest absolute Gasteiger partial charge is 0.496 e. The number of hydrogen-bond donors (Lipinski definition) is 2. The fourth-order valence-corrected chi connectivity index (χ4v) is 2.61. The molecule has 21 heavy (non-hydrogen) atoms. The fraction of sp³-hybridized carbons (Fsp3) is 0.600. The molecule has 0 saturated heterocycles. The van der Waals surface area contributed by atoms with Gasteiger partial charge in [-0.05, 0) is 18.8 Å². The summed E-state index contributed by atoms with van der Waals surface area (Å²) < 4.78 is 16.0. The number of rotatable bonds is 6. The van der Waals surface area contributed by atoms with E-state index in [1.54, 1.807) is 33.5 Å². The highest BCUT2D eigenvalue weighted by Gasteiger charge is 2.33. The monoisotopic (exact) mass is 317 g/mol. The van der Waals surface area contributed by atoms with Gasteiger partial charge in [-0.1, -0.05) is 6.42 Å². The summed E-state index contributed by atoms with van der Waals surface area (Å²) in [5.41, 5.74) is 6.93. The summed E-state index contributed by atoms with van der Waals surface area (Å²) in [4.78, 5) is 0. The molecule has 1 aliphatic rings. The van der Waals surface area contributed by atoms with E-state index < -0.39 is 12.1 Å². The van der Waals surface area contributed by atoms with Crippen LogP contribution in [0.4, 0.5) is 0 Å². The van der Waals surface area contributed by atoms with Crippen molar-refractivity contribution in [2.75, 3.05) is 21.3 Å². The molecule has 0 radical (unpaired) electrons. The van der Waals surface area contributed by atoms with Crippen molar-refractivity contribution in [1.82, 2.24) is 0 Å². The van der Waals surface area contributed by atoms with E-state index >= 15 is 0 Å². The molecule has 2 rings (SSSR count). The smallest absolute Gasteiger partial charge is 0.131 e. The van der Waals surface area contributed by atoms with Gasteiger partial charge < -0.3 is 25.1 Å². The minimum atomic E-state index is -0.583. The predicted octanol–water partition coefficient (Wildman–Crippen LogP) is 2.30. The van der Waals surface area contributed by atoms with Crippen molar-refractivity contribution in [2.45, 2.75) is 31.4 Å². The Bertz CT molecular complexity index is 440. The summed E-state index contributed by atoms with van der Waals surface area (Å²) in [7, 11) is 4.72. The minimum Gasteiger partial charge on any atom is -0.496 e. The lowest BCUT2D eigenvalue weighted by atomic mass is 9.77. The SMILES string of the molecule is COc1cc(OC)c([C@@H](N)[C@@H](O)C2CCC2)c(OC)c1.Cl. The van der Waals surface area contributed by atoms with Crippen LogP contribution in [-0.4, -0.2) is 32.5 Å². The zero-order valence-electron chi connectivity index (χ0n) is 12.7. The summed E-state index contributed by atoms with van der Waals surface area (Å²) in [5, 5.41) is 10.4. The van der Waals surface area contributed by atoms with Gasteiger partial charge in [-0.25, -0.2) is 0 Å². The van der Waals surface area contributed by atoms with Gasteiger partial charge in [-0.3, -0.25) is 0 Å². The molecule has 1 aliphatic carbocycles. The molecular formula is C15H24ClNO4. The second-order valence-corrected chi connectivity index (χ2v) is 5.15. The van der Waals surface area contributed by atoms with Crippen molar-refractivity contribution in [2.24, 2.45) is 11.7 Å². The normalized spacial score (nSPS) is 17.2. The molecule has 0 amide bonds. The van der Waals surface area contributed by atoms with E-state index in [0.717, 1.165) is 19.3 Å². The molecule has 0 unspecified atom stereocenters. The zero-order valence-corrected chi connectivity index (χ0v) is 13.5. The number of methoxy groups -OCH3 is 3. The molecule has 0 aromatic heterocycles. The highest BCUT2D eigenvalue weighted by Crippen LogP contribution is 2.42. The predicted molar refractivity (Wildman–Crippen MR) is 83.6 cm³/mol. The second-order valence-electron chi connectivity index (χ2n) is 5.15. The first-order chi connectivity index (χ1) is 9.62. The Morgan fingerprint density at radius 2 is 1.62 bits per heavy atom. The first-order valence-electron chi connectivity index (χ1n) is 6.86. The maximum atomic E-state index is 10.4. The van der Waals surface area contributed by atoms with Gasteiger partial charge in [0, 0.05) is 12.1 Å². The Kier molecular flexibility index (Phi) is 6.58. The van der Waals surface area contributed by atoms with Crippen molar-refractivity contribution in [3.8, 4) is 17.2 Å². The van der Waals surface area contributed by atoms with E-state index in [0.29, 0.717) is 22.8 Å². The van der Waals surface area contributed by atoms with Crippen LogP contribution >= 0.6 is 12.4 Å². The number of halogens is 1. The molecule has 1 fully saturated rings. The van der Waals surface area contributed by atoms with E-state index in [-0.39, 0.29) is 18.3 Å². The molecule has 3 N–H and O–H groups in total. The van der Waals surface area contributed by atoms with Crippen LogP contribution in [0.3, 0.4) is 0 Å². The van der Waals surface area contributed by atoms with Gasteiger partial charge in [-0.2, -0.15) is 0 Å². The summed E-state index contributed by atoms with van der Waals surface area (Å²) in [6, 6.07) is 2.98. The van der Waals surface area contributed by atoms with Crippen molar-refractivity contribution in [1.29, 1.82) is 0 Å². The standard InChI is InChI=1S/C15H23NO4.ClH/c1-18-10-7-11(19-2)13(12(8-10)20-3)14(16)15(17)9-5-4-6-9;/h7-9,14-15,17H,4-6,16H2,1-3H3;1H/t14-,15+;/m1./s1. The van der Waals surface area contributed by atoms with Crippen LogP contribution < -0.4 is 19.9 Å². The van der Waals surface area contributed by atoms with Gasteiger partial charge in [0.15, 0.2) is 0 Å². The Hall–Kier alpha value is -1.17. The maximum Gasteiger partial charge on any atom is 0.131 e. The first kappa shape index (κ1) is 17.9. The molecule has 1 aromatic rings. The maximum absolute atomic E-state index is 10.4. The molecule has 120 valence electrons. The highest BCUT2D eigenvalue weighted by atomic mass is 35.5. The molecule has 5 nitrogen and oxygen atoms in total. The minimum absolute atomic E-state index is 0. The van der Waals surface area contributed by atoms with Crippen LogP contribution in [0.15, 0.2) is 12.1 Å². The molecule has 0 spiro atoms. The summed E-state index contributed by atoms with van der Waals surface area (Å²) in [6.45, 7) is 0. The third kappa shape index (κ3) is 3.54. The fourth-order valence-electron chi connectivity index (χ4n) is 2.61. The summed E-state index contributed by atoms with van der Waals surface area (Å²) >= 11 is 0. The van der Waals surface area contributed by atoms with Gasteiger partial charge in [0.1, 0.15) is 17.2 Å². The summed E-state index contributed by atoms with van der Waals surface area (Å²) in [5.74, 6) is 2.05. The number of hydrogen-bond acceptors (Lipinski definition) is 5. The van der Waals surface area contributed by atoms with Crippen molar-refractivity contribution in [3.05, 3.63) is 17.7 Å². The van der Waals surface area contributed by atoms with E-state index in [2.05, 4.69) is 0 Å². The Morgan fingerprint density at radius 1 is 1.10 bits per heavy atom. The average molecular weight is 318 g/mol. The van der Waals surface area contributed by atoms with Crippen LogP contribution in [0.5, 0.6) is 17.2 Å². The second kappa shape index (κ2) is 7.73. The lowest BCUT2D eigenvalue weighted by Crippen LogP contribution is -2.36. The summed E-state index contributed by atoms with van der Waals surface area (Å²) in [6.07, 6.45) is 2.62. The lowest BCUT2D eigenvalue weighted by molar-refractivity contribution is 0.0401. The van der Waals surface area contributed by atoms with Crippen LogP contribution in [0, 0.1) is 5.92 Å². The molecule has 2 atom stereocenters. The number of aliphatic hydroxyl groups excluding tert-OH is 1. The third-order valence-corrected chi connectivity index (χ3v) is 4.09. The molecule has 1 aromatic carbocycles. The number of nitrogens with two attached hydrogens (primary N) is 1. The van der Waals surface area contributed by atoms with Crippen LogP contribution in [0.25, 0.3) is 0 Å². The average Bonchev–Trinajstić information content (AvgIpc) is 2.42. The molecular weight excluding hydrogens is 294 g/mol. The van der Waals surface area contributed by atoms with Gasteiger partial charge in [0.05, 0.1) is 39.0 Å². The van der Waals surface area contributed by atoms with Crippen molar-refractivity contribution in [3.63, 3.8) is 0 Å². The number of benzene rings is 1. The quantitative estimate of drug-likeness (QED) is 0.842. The molecule has 0 heterocycles. The lowest BCUT2D eigenvalue weighted by Gasteiger charge is -2.34. The van der Waals surface area contributed by atoms with Gasteiger partial charge in [0.2, 0.25) is 0 Å². The van der Waals surface area contributed by atoms with E-state index in [9.17, 15) is 5.11 Å². The number of aliphatic hydroxyl groups is 1. The topological polar surface area (TPSA) is 73.9 Å². The van der Waals surface area contributed by atoms with Gasteiger partial charge in [-0.15, -0.1) is 12.4 Å². The van der Waals surface area contributed by atoms with Crippen molar-refractivity contribution < 1.29 is 19.3 Å². The molecule has 1 saturated carbocycles. The Balaban J connectivity index is 0.00000220. The van der Waals surface area contributed by atoms with E-state index in [4.69, 9.17) is 19.9 Å². The molecule has 0 bridgehead atoms. The van der Waals surface area contributed by atoms with Gasteiger partial charge in [0.25, 0.3) is 0 Å². The van der Waals surface area contributed by atoms with E-state index in [1.807, 2.05) is 0 Å². The van der Waals surface area contributed by atoms with Gasteiger partial charge >= 0.3 is 0 Å². The van der Waals surface area contributed by atoms with Crippen molar-refractivity contribution >= 4 is 12.4 Å².